The van der Waals surface area contributed by atoms with Gasteiger partial charge in [-0.05, 0) is 29.8 Å². The third-order valence-corrected chi connectivity index (χ3v) is 5.32. The predicted molar refractivity (Wildman–Crippen MR) is 101 cm³/mol. The molecule has 0 amide bonds. The molecule has 2 aromatic rings. The molecule has 7 nitrogen and oxygen atoms in total. The van der Waals surface area contributed by atoms with Gasteiger partial charge < -0.3 is 9.64 Å². The molecule has 0 aliphatic carbocycles. The summed E-state index contributed by atoms with van der Waals surface area (Å²) < 4.78 is 41.8. The van der Waals surface area contributed by atoms with Crippen molar-refractivity contribution in [3.63, 3.8) is 0 Å². The number of ether oxygens (including phenoxy) is 1. The molecule has 0 radical (unpaired) electrons. The van der Waals surface area contributed by atoms with Gasteiger partial charge >= 0.3 is 0 Å². The maximum absolute atomic E-state index is 13.3. The summed E-state index contributed by atoms with van der Waals surface area (Å²) in [7, 11) is -2.11. The zero-order valence-electron chi connectivity index (χ0n) is 14.7. The van der Waals surface area contributed by atoms with E-state index in [-0.39, 0.29) is 41.0 Å². The SMILES string of the molecule is COCCN(Cc1ccc(F)cc1Cl)c1ccc(S(C)(=O)=O)cc1[N+](=O)[O-]. The van der Waals surface area contributed by atoms with E-state index in [1.165, 1.54) is 31.4 Å². The van der Waals surface area contributed by atoms with Gasteiger partial charge in [-0.2, -0.15) is 0 Å². The van der Waals surface area contributed by atoms with Crippen molar-refractivity contribution in [1.29, 1.82) is 0 Å². The molecule has 2 aromatic carbocycles. The van der Waals surface area contributed by atoms with E-state index in [1.54, 1.807) is 4.90 Å². The van der Waals surface area contributed by atoms with E-state index >= 15 is 0 Å². The molecular formula is C17H18ClFN2O5S. The first-order valence-corrected chi connectivity index (χ1v) is 10.1. The van der Waals surface area contributed by atoms with E-state index in [9.17, 15) is 22.9 Å². The lowest BCUT2D eigenvalue weighted by Gasteiger charge is -2.25. The van der Waals surface area contributed by atoms with Gasteiger partial charge in [0.15, 0.2) is 9.84 Å². The van der Waals surface area contributed by atoms with Crippen LogP contribution in [0, 0.1) is 15.9 Å². The third kappa shape index (κ3) is 5.38. The average Bonchev–Trinajstić information content (AvgIpc) is 2.59. The van der Waals surface area contributed by atoms with Gasteiger partial charge in [0, 0.05) is 37.5 Å². The van der Waals surface area contributed by atoms with Crippen LogP contribution < -0.4 is 4.90 Å². The lowest BCUT2D eigenvalue weighted by Crippen LogP contribution is -2.27. The fourth-order valence-corrected chi connectivity index (χ4v) is 3.36. The van der Waals surface area contributed by atoms with Gasteiger partial charge in [-0.3, -0.25) is 10.1 Å². The van der Waals surface area contributed by atoms with Crippen LogP contribution in [0.3, 0.4) is 0 Å². The molecule has 0 fully saturated rings. The summed E-state index contributed by atoms with van der Waals surface area (Å²) >= 11 is 6.07. The Morgan fingerprint density at radius 3 is 2.52 bits per heavy atom. The van der Waals surface area contributed by atoms with Gasteiger partial charge in [0.1, 0.15) is 11.5 Å². The molecule has 0 unspecified atom stereocenters. The van der Waals surface area contributed by atoms with Crippen molar-refractivity contribution >= 4 is 32.8 Å². The molecule has 0 N–H and O–H groups in total. The quantitative estimate of drug-likeness (QED) is 0.483. The van der Waals surface area contributed by atoms with Crippen molar-refractivity contribution in [3.8, 4) is 0 Å². The second-order valence-electron chi connectivity index (χ2n) is 5.83. The highest BCUT2D eigenvalue weighted by molar-refractivity contribution is 7.90. The maximum atomic E-state index is 13.3. The number of methoxy groups -OCH3 is 1. The third-order valence-electron chi connectivity index (χ3n) is 3.85. The van der Waals surface area contributed by atoms with Crippen LogP contribution in [0.5, 0.6) is 0 Å². The lowest BCUT2D eigenvalue weighted by atomic mass is 10.1. The van der Waals surface area contributed by atoms with E-state index in [4.69, 9.17) is 16.3 Å². The first-order valence-electron chi connectivity index (χ1n) is 7.80. The Kier molecular flexibility index (Phi) is 6.74. The van der Waals surface area contributed by atoms with Gasteiger partial charge in [-0.1, -0.05) is 17.7 Å². The number of rotatable bonds is 8. The molecular weight excluding hydrogens is 399 g/mol. The van der Waals surface area contributed by atoms with E-state index < -0.39 is 20.6 Å². The van der Waals surface area contributed by atoms with E-state index in [1.807, 2.05) is 0 Å². The van der Waals surface area contributed by atoms with Crippen molar-refractivity contribution < 1.29 is 22.5 Å². The summed E-state index contributed by atoms with van der Waals surface area (Å²) in [5, 5.41) is 11.7. The Balaban J connectivity index is 2.50. The molecule has 0 spiro atoms. The summed E-state index contributed by atoms with van der Waals surface area (Å²) in [6, 6.07) is 7.61. The van der Waals surface area contributed by atoms with Gasteiger partial charge in [0.05, 0.1) is 16.4 Å². The number of nitro benzene ring substituents is 1. The Labute approximate surface area is 161 Å². The number of halogens is 2. The van der Waals surface area contributed by atoms with Crippen LogP contribution in [0.25, 0.3) is 0 Å². The molecule has 146 valence electrons. The Hall–Kier alpha value is -2.23. The molecule has 2 rings (SSSR count). The monoisotopic (exact) mass is 416 g/mol. The fraction of sp³-hybridized carbons (Fsp3) is 0.294. The van der Waals surface area contributed by atoms with Crippen LogP contribution >= 0.6 is 11.6 Å². The van der Waals surface area contributed by atoms with Crippen LogP contribution in [0.4, 0.5) is 15.8 Å². The van der Waals surface area contributed by atoms with Crippen LogP contribution in [-0.4, -0.2) is 39.9 Å². The highest BCUT2D eigenvalue weighted by atomic mass is 35.5. The van der Waals surface area contributed by atoms with Crippen LogP contribution in [-0.2, 0) is 21.1 Å². The number of nitrogens with zero attached hydrogens (tertiary/aromatic N) is 2. The second kappa shape index (κ2) is 8.64. The Morgan fingerprint density at radius 2 is 1.96 bits per heavy atom. The number of nitro groups is 1. The molecule has 0 saturated heterocycles. The average molecular weight is 417 g/mol. The standard InChI is InChI=1S/C17H18ClFN2O5S/c1-26-8-7-20(11-12-3-4-13(19)9-15(12)18)16-6-5-14(27(2,24)25)10-17(16)21(22)23/h3-6,9-10H,7-8,11H2,1-2H3. The summed E-state index contributed by atoms with van der Waals surface area (Å²) in [4.78, 5) is 12.4. The zero-order chi connectivity index (χ0) is 20.2. The highest BCUT2D eigenvalue weighted by Crippen LogP contribution is 2.32. The van der Waals surface area contributed by atoms with Gasteiger partial charge in [-0.25, -0.2) is 12.8 Å². The van der Waals surface area contributed by atoms with E-state index in [0.717, 1.165) is 18.4 Å². The number of anilines is 1. The first kappa shape index (κ1) is 21.1. The molecule has 0 aliphatic heterocycles. The van der Waals surface area contributed by atoms with Crippen LogP contribution in [0.2, 0.25) is 5.02 Å². The summed E-state index contributed by atoms with van der Waals surface area (Å²) in [5.41, 5.74) is 0.424. The van der Waals surface area contributed by atoms with Crippen molar-refractivity contribution in [2.45, 2.75) is 11.4 Å². The predicted octanol–water partition coefficient (Wildman–Crippen LogP) is 3.44. The Morgan fingerprint density at radius 1 is 1.26 bits per heavy atom. The van der Waals surface area contributed by atoms with Crippen molar-refractivity contribution in [2.24, 2.45) is 0 Å². The lowest BCUT2D eigenvalue weighted by molar-refractivity contribution is -0.384. The largest absolute Gasteiger partial charge is 0.383 e. The van der Waals surface area contributed by atoms with E-state index in [2.05, 4.69) is 0 Å². The van der Waals surface area contributed by atoms with Gasteiger partial charge in [0.25, 0.3) is 5.69 Å². The minimum atomic E-state index is -3.60. The smallest absolute Gasteiger partial charge is 0.293 e. The molecule has 0 heterocycles. The maximum Gasteiger partial charge on any atom is 0.293 e. The summed E-state index contributed by atoms with van der Waals surface area (Å²) in [6.45, 7) is 0.703. The summed E-state index contributed by atoms with van der Waals surface area (Å²) in [5.74, 6) is -0.490. The minimum absolute atomic E-state index is 0.149. The molecule has 0 aromatic heterocycles. The highest BCUT2D eigenvalue weighted by Gasteiger charge is 2.23. The molecule has 0 bridgehead atoms. The van der Waals surface area contributed by atoms with Crippen molar-refractivity contribution in [1.82, 2.24) is 0 Å². The summed E-state index contributed by atoms with van der Waals surface area (Å²) in [6.07, 6.45) is 0.979. The number of sulfone groups is 1. The van der Waals surface area contributed by atoms with Crippen LogP contribution in [0.1, 0.15) is 5.56 Å². The molecule has 0 aliphatic rings. The second-order valence-corrected chi connectivity index (χ2v) is 8.25. The van der Waals surface area contributed by atoms with E-state index in [0.29, 0.717) is 5.56 Å². The number of benzene rings is 2. The fourth-order valence-electron chi connectivity index (χ4n) is 2.49. The van der Waals surface area contributed by atoms with Crippen molar-refractivity contribution in [3.05, 3.63) is 62.9 Å². The topological polar surface area (TPSA) is 89.8 Å². The normalized spacial score (nSPS) is 11.4. The minimum Gasteiger partial charge on any atom is -0.383 e. The molecule has 0 atom stereocenters. The molecule has 10 heteroatoms. The first-order chi connectivity index (χ1) is 12.6. The molecule has 0 saturated carbocycles. The number of hydrogen-bond acceptors (Lipinski definition) is 6. The Bertz CT molecular complexity index is 952. The van der Waals surface area contributed by atoms with Crippen molar-refractivity contribution in [2.75, 3.05) is 31.4 Å². The van der Waals surface area contributed by atoms with Gasteiger partial charge in [0.2, 0.25) is 0 Å². The van der Waals surface area contributed by atoms with Crippen LogP contribution in [0.15, 0.2) is 41.3 Å². The number of hydrogen-bond donors (Lipinski definition) is 0. The zero-order valence-corrected chi connectivity index (χ0v) is 16.3. The molecule has 27 heavy (non-hydrogen) atoms. The van der Waals surface area contributed by atoms with Gasteiger partial charge in [-0.15, -0.1) is 0 Å².